The van der Waals surface area contributed by atoms with Gasteiger partial charge in [-0.1, -0.05) is 6.92 Å². The lowest BCUT2D eigenvalue weighted by molar-refractivity contribution is 0.0936. The van der Waals surface area contributed by atoms with E-state index >= 15 is 0 Å². The summed E-state index contributed by atoms with van der Waals surface area (Å²) in [5.41, 5.74) is 0.594. The molecule has 0 aliphatic heterocycles. The molecule has 3 aromatic rings. The van der Waals surface area contributed by atoms with E-state index < -0.39 is 15.8 Å². The van der Waals surface area contributed by atoms with Crippen LogP contribution in [0.3, 0.4) is 0 Å². The van der Waals surface area contributed by atoms with Crippen molar-refractivity contribution in [3.05, 3.63) is 78.2 Å². The van der Waals surface area contributed by atoms with Crippen LogP contribution < -0.4 is 14.8 Å². The van der Waals surface area contributed by atoms with Crippen molar-refractivity contribution < 1.29 is 22.3 Å². The van der Waals surface area contributed by atoms with Crippen molar-refractivity contribution in [3.8, 4) is 11.6 Å². The van der Waals surface area contributed by atoms with Gasteiger partial charge in [0.2, 0.25) is 5.88 Å². The Morgan fingerprint density at radius 3 is 2.42 bits per heavy atom. The van der Waals surface area contributed by atoms with Gasteiger partial charge >= 0.3 is 0 Å². The van der Waals surface area contributed by atoms with E-state index in [2.05, 4.69) is 15.0 Å². The fourth-order valence-electron chi connectivity index (χ4n) is 2.58. The zero-order chi connectivity index (χ0) is 22.4. The van der Waals surface area contributed by atoms with Gasteiger partial charge < -0.3 is 10.1 Å². The van der Waals surface area contributed by atoms with Crippen LogP contribution in [0, 0.1) is 5.82 Å². The third-order valence-corrected chi connectivity index (χ3v) is 5.85. The molecule has 2 N–H and O–H groups in total. The Morgan fingerprint density at radius 2 is 1.77 bits per heavy atom. The molecule has 1 unspecified atom stereocenters. The van der Waals surface area contributed by atoms with Crippen LogP contribution in [-0.4, -0.2) is 25.4 Å². The van der Waals surface area contributed by atoms with Gasteiger partial charge in [0.1, 0.15) is 17.1 Å². The Hall–Kier alpha value is -3.46. The number of sulfonamides is 1. The van der Waals surface area contributed by atoms with Crippen LogP contribution in [0.15, 0.2) is 71.8 Å². The Labute approximate surface area is 180 Å². The highest BCUT2D eigenvalue weighted by atomic mass is 32.2. The molecule has 0 spiro atoms. The Kier molecular flexibility index (Phi) is 6.86. The minimum absolute atomic E-state index is 0.00831. The molecule has 0 bridgehead atoms. The summed E-state index contributed by atoms with van der Waals surface area (Å²) >= 11 is 0. The highest BCUT2D eigenvalue weighted by Gasteiger charge is 2.17. The molecule has 0 saturated heterocycles. The van der Waals surface area contributed by atoms with Crippen molar-refractivity contribution in [2.75, 3.05) is 4.72 Å². The minimum Gasteiger partial charge on any atom is -0.438 e. The van der Waals surface area contributed by atoms with Gasteiger partial charge in [-0.25, -0.2) is 17.8 Å². The van der Waals surface area contributed by atoms with Gasteiger partial charge in [0.05, 0.1) is 4.90 Å². The lowest BCUT2D eigenvalue weighted by Crippen LogP contribution is -2.32. The van der Waals surface area contributed by atoms with Crippen molar-refractivity contribution in [1.29, 1.82) is 0 Å². The average molecular weight is 444 g/mol. The minimum atomic E-state index is -3.86. The topological polar surface area (TPSA) is 97.4 Å². The molecular weight excluding hydrogens is 421 g/mol. The summed E-state index contributed by atoms with van der Waals surface area (Å²) in [5, 5.41) is 2.87. The molecule has 0 saturated carbocycles. The molecule has 1 heterocycles. The first-order valence-electron chi connectivity index (χ1n) is 9.60. The van der Waals surface area contributed by atoms with Gasteiger partial charge in [-0.2, -0.15) is 0 Å². The summed E-state index contributed by atoms with van der Waals surface area (Å²) < 4.78 is 46.0. The second-order valence-corrected chi connectivity index (χ2v) is 8.51. The van der Waals surface area contributed by atoms with Crippen molar-refractivity contribution in [1.82, 2.24) is 10.3 Å². The number of benzene rings is 2. The second kappa shape index (κ2) is 9.57. The Balaban J connectivity index is 1.73. The number of halogens is 1. The molecule has 1 aromatic heterocycles. The first-order chi connectivity index (χ1) is 14.8. The van der Waals surface area contributed by atoms with Crippen molar-refractivity contribution in [2.24, 2.45) is 0 Å². The van der Waals surface area contributed by atoms with Crippen molar-refractivity contribution in [3.63, 3.8) is 0 Å². The SMILES string of the molecule is CCC(C)NC(=O)c1cccnc1Oc1ccc(NS(=O)(=O)c2ccc(F)cc2)cc1. The quantitative estimate of drug-likeness (QED) is 0.540. The van der Waals surface area contributed by atoms with Crippen LogP contribution in [-0.2, 0) is 10.0 Å². The molecule has 9 heteroatoms. The number of nitrogens with one attached hydrogen (secondary N) is 2. The number of carbonyl (C=O) groups is 1. The third kappa shape index (κ3) is 5.79. The zero-order valence-electron chi connectivity index (χ0n) is 17.0. The van der Waals surface area contributed by atoms with Gasteiger partial charge in [-0.3, -0.25) is 9.52 Å². The van der Waals surface area contributed by atoms with Crippen LogP contribution in [0.25, 0.3) is 0 Å². The van der Waals surface area contributed by atoms with Crippen molar-refractivity contribution >= 4 is 21.6 Å². The number of carbonyl (C=O) groups excluding carboxylic acids is 1. The average Bonchev–Trinajstić information content (AvgIpc) is 2.75. The first-order valence-corrected chi connectivity index (χ1v) is 11.1. The standard InChI is InChI=1S/C22H22FN3O4S/c1-3-15(2)25-21(27)20-5-4-14-24-22(20)30-18-10-8-17(9-11-18)26-31(28,29)19-12-6-16(23)7-13-19/h4-15,26H,3H2,1-2H3,(H,25,27). The first kappa shape index (κ1) is 22.2. The number of amides is 1. The number of hydrogen-bond acceptors (Lipinski definition) is 5. The third-order valence-electron chi connectivity index (χ3n) is 4.45. The van der Waals surface area contributed by atoms with Gasteiger partial charge in [0, 0.05) is 17.9 Å². The lowest BCUT2D eigenvalue weighted by atomic mass is 10.2. The van der Waals surface area contributed by atoms with E-state index in [1.54, 1.807) is 24.3 Å². The molecule has 0 fully saturated rings. The number of rotatable bonds is 8. The van der Waals surface area contributed by atoms with E-state index in [1.165, 1.54) is 30.5 Å². The molecule has 31 heavy (non-hydrogen) atoms. The van der Waals surface area contributed by atoms with Gasteiger partial charge in [0.25, 0.3) is 15.9 Å². The van der Waals surface area contributed by atoms with E-state index in [0.717, 1.165) is 18.6 Å². The summed E-state index contributed by atoms with van der Waals surface area (Å²) in [6, 6.07) is 13.9. The molecule has 0 aliphatic carbocycles. The second-order valence-electron chi connectivity index (χ2n) is 6.82. The van der Waals surface area contributed by atoms with E-state index in [1.807, 2.05) is 13.8 Å². The number of anilines is 1. The number of aromatic nitrogens is 1. The van der Waals surface area contributed by atoms with E-state index in [-0.39, 0.29) is 22.7 Å². The van der Waals surface area contributed by atoms with E-state index in [0.29, 0.717) is 17.0 Å². The number of ether oxygens (including phenoxy) is 1. The van der Waals surface area contributed by atoms with Gasteiger partial charge in [-0.05, 0) is 74.0 Å². The van der Waals surface area contributed by atoms with Crippen LogP contribution >= 0.6 is 0 Å². The highest BCUT2D eigenvalue weighted by molar-refractivity contribution is 7.92. The molecule has 0 radical (unpaired) electrons. The maximum atomic E-state index is 13.0. The molecule has 1 amide bonds. The molecule has 0 aliphatic rings. The largest absolute Gasteiger partial charge is 0.438 e. The Bertz CT molecular complexity index is 1150. The van der Waals surface area contributed by atoms with Crippen LogP contribution in [0.4, 0.5) is 10.1 Å². The summed E-state index contributed by atoms with van der Waals surface area (Å²) in [4.78, 5) is 16.5. The predicted molar refractivity (Wildman–Crippen MR) is 115 cm³/mol. The fourth-order valence-corrected chi connectivity index (χ4v) is 3.64. The van der Waals surface area contributed by atoms with Crippen LogP contribution in [0.1, 0.15) is 30.6 Å². The smallest absolute Gasteiger partial charge is 0.261 e. The van der Waals surface area contributed by atoms with Gasteiger partial charge in [0.15, 0.2) is 0 Å². The molecular formula is C22H22FN3O4S. The normalized spacial score (nSPS) is 12.1. The summed E-state index contributed by atoms with van der Waals surface area (Å²) in [6.45, 7) is 3.87. The van der Waals surface area contributed by atoms with Gasteiger partial charge in [-0.15, -0.1) is 0 Å². The molecule has 1 atom stereocenters. The van der Waals surface area contributed by atoms with Crippen LogP contribution in [0.2, 0.25) is 0 Å². The number of nitrogens with zero attached hydrogens (tertiary/aromatic N) is 1. The van der Waals surface area contributed by atoms with E-state index in [9.17, 15) is 17.6 Å². The van der Waals surface area contributed by atoms with E-state index in [4.69, 9.17) is 4.74 Å². The highest BCUT2D eigenvalue weighted by Crippen LogP contribution is 2.25. The number of hydrogen-bond donors (Lipinski definition) is 2. The molecule has 2 aromatic carbocycles. The monoisotopic (exact) mass is 443 g/mol. The summed E-state index contributed by atoms with van der Waals surface area (Å²) in [5.74, 6) is -0.294. The summed E-state index contributed by atoms with van der Waals surface area (Å²) in [6.07, 6.45) is 2.30. The molecule has 3 rings (SSSR count). The predicted octanol–water partition coefficient (Wildman–Crippen LogP) is 4.34. The lowest BCUT2D eigenvalue weighted by Gasteiger charge is -2.14. The maximum absolute atomic E-state index is 13.0. The maximum Gasteiger partial charge on any atom is 0.261 e. The summed E-state index contributed by atoms with van der Waals surface area (Å²) in [7, 11) is -3.86. The number of pyridine rings is 1. The molecule has 7 nitrogen and oxygen atoms in total. The van der Waals surface area contributed by atoms with Crippen molar-refractivity contribution in [2.45, 2.75) is 31.2 Å². The molecule has 162 valence electrons. The zero-order valence-corrected chi connectivity index (χ0v) is 17.8. The Morgan fingerprint density at radius 1 is 1.10 bits per heavy atom. The van der Waals surface area contributed by atoms with Crippen LogP contribution in [0.5, 0.6) is 11.6 Å². The fraction of sp³-hybridized carbons (Fsp3) is 0.182.